The first-order valence-corrected chi connectivity index (χ1v) is 7.42. The fourth-order valence-corrected chi connectivity index (χ4v) is 2.68. The summed E-state index contributed by atoms with van der Waals surface area (Å²) in [7, 11) is -3.73. The second-order valence-corrected chi connectivity index (χ2v) is 5.98. The molecule has 0 aliphatic rings. The molecular weight excluding hydrogens is 260 g/mol. The van der Waals surface area contributed by atoms with Crippen LogP contribution in [0.5, 0.6) is 0 Å². The maximum Gasteiger partial charge on any atom is 0.238 e. The monoisotopic (exact) mass is 276 g/mol. The maximum atomic E-state index is 11.6. The highest BCUT2D eigenvalue weighted by Gasteiger charge is 2.14. The predicted molar refractivity (Wildman–Crippen MR) is 75.9 cm³/mol. The highest BCUT2D eigenvalue weighted by Crippen LogP contribution is 2.27. The molecule has 0 heterocycles. The zero-order valence-electron chi connectivity index (χ0n) is 10.6. The van der Waals surface area contributed by atoms with Crippen molar-refractivity contribution < 1.29 is 8.42 Å². The predicted octanol–water partition coefficient (Wildman–Crippen LogP) is 2.02. The molecule has 1 atom stereocenters. The molecule has 0 radical (unpaired) electrons. The molecule has 0 aromatic heterocycles. The number of sulfonamides is 1. The highest BCUT2D eigenvalue weighted by molar-refractivity contribution is 7.89. The van der Waals surface area contributed by atoms with Gasteiger partial charge in [0, 0.05) is 11.6 Å². The molecule has 5 heteroatoms. The molecule has 2 aromatic rings. The van der Waals surface area contributed by atoms with Crippen LogP contribution in [0.1, 0.15) is 18.5 Å². The molecule has 0 amide bonds. The maximum absolute atomic E-state index is 11.6. The Morgan fingerprint density at radius 3 is 2.11 bits per heavy atom. The molecule has 100 valence electrons. The Morgan fingerprint density at radius 1 is 1.00 bits per heavy atom. The molecule has 1 unspecified atom stereocenters. The lowest BCUT2D eigenvalue weighted by atomic mass is 10.0. The first kappa shape index (κ1) is 13.7. The molecule has 0 aliphatic heterocycles. The van der Waals surface area contributed by atoms with Crippen LogP contribution >= 0.6 is 0 Å². The Labute approximate surface area is 113 Å². The first-order valence-electron chi connectivity index (χ1n) is 5.87. The van der Waals surface area contributed by atoms with Gasteiger partial charge in [0.2, 0.25) is 10.0 Å². The van der Waals surface area contributed by atoms with Gasteiger partial charge in [-0.25, -0.2) is 13.6 Å². The van der Waals surface area contributed by atoms with Crippen LogP contribution in [-0.4, -0.2) is 8.42 Å². The lowest BCUT2D eigenvalue weighted by Crippen LogP contribution is -2.13. The molecule has 4 N–H and O–H groups in total. The van der Waals surface area contributed by atoms with E-state index in [1.807, 2.05) is 31.2 Å². The quantitative estimate of drug-likeness (QED) is 0.899. The highest BCUT2D eigenvalue weighted by atomic mass is 32.2. The van der Waals surface area contributed by atoms with Gasteiger partial charge in [-0.1, -0.05) is 42.5 Å². The van der Waals surface area contributed by atoms with Gasteiger partial charge in [0.25, 0.3) is 0 Å². The summed E-state index contributed by atoms with van der Waals surface area (Å²) in [6.45, 7) is 1.90. The Morgan fingerprint density at radius 2 is 1.58 bits per heavy atom. The summed E-state index contributed by atoms with van der Waals surface area (Å²) in [5.41, 5.74) is 8.18. The van der Waals surface area contributed by atoms with E-state index in [-0.39, 0.29) is 10.9 Å². The van der Waals surface area contributed by atoms with Crippen molar-refractivity contribution in [1.29, 1.82) is 0 Å². The van der Waals surface area contributed by atoms with E-state index in [0.717, 1.165) is 11.1 Å². The van der Waals surface area contributed by atoms with Gasteiger partial charge in [-0.15, -0.1) is 0 Å². The van der Waals surface area contributed by atoms with Crippen LogP contribution in [0.3, 0.4) is 0 Å². The zero-order chi connectivity index (χ0) is 14.0. The lowest BCUT2D eigenvalue weighted by Gasteiger charge is -2.10. The Kier molecular flexibility index (Phi) is 3.71. The summed E-state index contributed by atoms with van der Waals surface area (Å²) in [5, 5.41) is 5.23. The summed E-state index contributed by atoms with van der Waals surface area (Å²) >= 11 is 0. The van der Waals surface area contributed by atoms with Crippen molar-refractivity contribution in [3.63, 3.8) is 0 Å². The Hall–Kier alpha value is -1.69. The van der Waals surface area contributed by atoms with Crippen molar-refractivity contribution in [3.8, 4) is 11.1 Å². The third-order valence-corrected chi connectivity index (χ3v) is 3.91. The summed E-state index contributed by atoms with van der Waals surface area (Å²) < 4.78 is 23.1. The topological polar surface area (TPSA) is 86.2 Å². The van der Waals surface area contributed by atoms with E-state index in [2.05, 4.69) is 0 Å². The molecule has 2 aromatic carbocycles. The largest absolute Gasteiger partial charge is 0.324 e. The SMILES string of the molecule is CC(N)c1ccc(-c2ccccc2S(N)(=O)=O)cc1. The van der Waals surface area contributed by atoms with Crippen molar-refractivity contribution in [2.75, 3.05) is 0 Å². The molecule has 0 bridgehead atoms. The fourth-order valence-electron chi connectivity index (χ4n) is 1.92. The van der Waals surface area contributed by atoms with Crippen molar-refractivity contribution in [2.45, 2.75) is 17.9 Å². The van der Waals surface area contributed by atoms with Gasteiger partial charge in [0.15, 0.2) is 0 Å². The minimum atomic E-state index is -3.73. The summed E-state index contributed by atoms with van der Waals surface area (Å²) in [5.74, 6) is 0. The van der Waals surface area contributed by atoms with Gasteiger partial charge in [-0.3, -0.25) is 0 Å². The average Bonchev–Trinajstić information content (AvgIpc) is 2.38. The van der Waals surface area contributed by atoms with Crippen LogP contribution in [0.2, 0.25) is 0 Å². The molecule has 0 saturated heterocycles. The lowest BCUT2D eigenvalue weighted by molar-refractivity contribution is 0.598. The van der Waals surface area contributed by atoms with E-state index in [4.69, 9.17) is 10.9 Å². The second-order valence-electron chi connectivity index (χ2n) is 4.45. The van der Waals surface area contributed by atoms with Crippen molar-refractivity contribution in [3.05, 3.63) is 54.1 Å². The summed E-state index contributed by atoms with van der Waals surface area (Å²) in [6, 6.07) is 14.1. The van der Waals surface area contributed by atoms with E-state index >= 15 is 0 Å². The van der Waals surface area contributed by atoms with Crippen LogP contribution < -0.4 is 10.9 Å². The van der Waals surface area contributed by atoms with Crippen LogP contribution in [0.25, 0.3) is 11.1 Å². The average molecular weight is 276 g/mol. The van der Waals surface area contributed by atoms with Crippen LogP contribution in [0.15, 0.2) is 53.4 Å². The number of benzene rings is 2. The van der Waals surface area contributed by atoms with Crippen LogP contribution in [-0.2, 0) is 10.0 Å². The number of primary sulfonamides is 1. The van der Waals surface area contributed by atoms with Gasteiger partial charge >= 0.3 is 0 Å². The Balaban J connectivity index is 2.54. The molecule has 19 heavy (non-hydrogen) atoms. The van der Waals surface area contributed by atoms with Crippen molar-refractivity contribution in [2.24, 2.45) is 10.9 Å². The van der Waals surface area contributed by atoms with E-state index in [1.54, 1.807) is 18.2 Å². The van der Waals surface area contributed by atoms with E-state index in [9.17, 15) is 8.42 Å². The van der Waals surface area contributed by atoms with E-state index in [0.29, 0.717) is 5.56 Å². The summed E-state index contributed by atoms with van der Waals surface area (Å²) in [4.78, 5) is 0.128. The second kappa shape index (κ2) is 5.13. The van der Waals surface area contributed by atoms with Crippen molar-refractivity contribution in [1.82, 2.24) is 0 Å². The van der Waals surface area contributed by atoms with Gasteiger partial charge in [0.05, 0.1) is 4.90 Å². The van der Waals surface area contributed by atoms with E-state index < -0.39 is 10.0 Å². The third-order valence-electron chi connectivity index (χ3n) is 2.94. The van der Waals surface area contributed by atoms with Crippen LogP contribution in [0.4, 0.5) is 0 Å². The molecule has 0 aliphatic carbocycles. The van der Waals surface area contributed by atoms with Gasteiger partial charge < -0.3 is 5.73 Å². The normalized spacial score (nSPS) is 13.2. The molecule has 0 spiro atoms. The smallest absolute Gasteiger partial charge is 0.238 e. The standard InChI is InChI=1S/C14H16N2O2S/c1-10(15)11-6-8-12(9-7-11)13-4-2-3-5-14(13)19(16,17)18/h2-10H,15H2,1H3,(H2,16,17,18). The van der Waals surface area contributed by atoms with Gasteiger partial charge in [-0.2, -0.15) is 0 Å². The number of hydrogen-bond donors (Lipinski definition) is 2. The fraction of sp³-hybridized carbons (Fsp3) is 0.143. The molecule has 4 nitrogen and oxygen atoms in total. The zero-order valence-corrected chi connectivity index (χ0v) is 11.4. The third kappa shape index (κ3) is 3.01. The number of hydrogen-bond acceptors (Lipinski definition) is 3. The minimum absolute atomic E-state index is 0.0532. The first-order chi connectivity index (χ1) is 8.89. The number of rotatable bonds is 3. The molecule has 0 saturated carbocycles. The molecular formula is C14H16N2O2S. The summed E-state index contributed by atoms with van der Waals surface area (Å²) in [6.07, 6.45) is 0. The van der Waals surface area contributed by atoms with Crippen LogP contribution in [0, 0.1) is 0 Å². The molecule has 0 fully saturated rings. The Bertz CT molecular complexity index is 677. The minimum Gasteiger partial charge on any atom is -0.324 e. The van der Waals surface area contributed by atoms with Crippen molar-refractivity contribution >= 4 is 10.0 Å². The van der Waals surface area contributed by atoms with Gasteiger partial charge in [-0.05, 0) is 24.1 Å². The molecule has 2 rings (SSSR count). The van der Waals surface area contributed by atoms with E-state index in [1.165, 1.54) is 6.07 Å². The van der Waals surface area contributed by atoms with Gasteiger partial charge in [0.1, 0.15) is 0 Å². The number of nitrogens with two attached hydrogens (primary N) is 2.